The van der Waals surface area contributed by atoms with Crippen LogP contribution >= 0.6 is 11.8 Å². The molecule has 1 aromatic carbocycles. The maximum Gasteiger partial charge on any atom is 0.142 e. The monoisotopic (exact) mass is 467 g/mol. The Labute approximate surface area is 200 Å². The topological polar surface area (TPSA) is 48.2 Å². The van der Waals surface area contributed by atoms with Gasteiger partial charge in [0.1, 0.15) is 16.5 Å². The molecule has 5 rings (SSSR count). The molecule has 0 amide bonds. The number of aryl methyl sites for hydroxylation is 1. The Morgan fingerprint density at radius 3 is 2.48 bits per heavy atom. The van der Waals surface area contributed by atoms with E-state index < -0.39 is 0 Å². The molecule has 1 aliphatic carbocycles. The number of thioether (sulfide) groups is 1. The summed E-state index contributed by atoms with van der Waals surface area (Å²) in [4.78, 5) is 2.54. The fraction of sp³-hybridized carbons (Fsp3) is 0.500. The van der Waals surface area contributed by atoms with E-state index in [2.05, 4.69) is 33.9 Å². The van der Waals surface area contributed by atoms with Crippen molar-refractivity contribution in [1.82, 2.24) is 9.61 Å². The second-order valence-electron chi connectivity index (χ2n) is 9.09. The summed E-state index contributed by atoms with van der Waals surface area (Å²) in [5.41, 5.74) is 5.31. The molecule has 2 aliphatic rings. The lowest BCUT2D eigenvalue weighted by atomic mass is 10.1. The van der Waals surface area contributed by atoms with Crippen LogP contribution in [0.4, 0.5) is 5.69 Å². The normalized spacial score (nSPS) is 18.1. The molecule has 33 heavy (non-hydrogen) atoms. The minimum absolute atomic E-state index is 0.300. The smallest absolute Gasteiger partial charge is 0.142 e. The lowest BCUT2D eigenvalue weighted by Gasteiger charge is -2.27. The maximum atomic E-state index is 6.03. The van der Waals surface area contributed by atoms with Crippen LogP contribution in [0.5, 0.6) is 11.5 Å². The van der Waals surface area contributed by atoms with Gasteiger partial charge in [0, 0.05) is 19.7 Å². The van der Waals surface area contributed by atoms with E-state index in [1.54, 1.807) is 26.0 Å². The summed E-state index contributed by atoms with van der Waals surface area (Å²) >= 11 is 1.70. The Balaban J connectivity index is 1.66. The van der Waals surface area contributed by atoms with Crippen molar-refractivity contribution in [1.29, 1.82) is 0 Å². The first kappa shape index (κ1) is 22.4. The van der Waals surface area contributed by atoms with Crippen LogP contribution in [-0.4, -0.2) is 55.9 Å². The zero-order valence-electron chi connectivity index (χ0n) is 20.0. The van der Waals surface area contributed by atoms with Gasteiger partial charge in [-0.25, -0.2) is 4.52 Å². The van der Waals surface area contributed by atoms with E-state index in [0.717, 1.165) is 77.3 Å². The molecule has 2 aromatic heterocycles. The predicted octanol–water partition coefficient (Wildman–Crippen LogP) is 5.44. The first-order valence-electron chi connectivity index (χ1n) is 11.8. The van der Waals surface area contributed by atoms with E-state index in [4.69, 9.17) is 19.3 Å². The van der Waals surface area contributed by atoms with Crippen molar-refractivity contribution in [3.63, 3.8) is 0 Å². The highest BCUT2D eigenvalue weighted by atomic mass is 32.2. The fourth-order valence-corrected chi connectivity index (χ4v) is 5.45. The SMILES string of the molecule is COc1cc(C)cc(OC)c1-c1cccc2c(N(CC3CC3)CC3CCCO3)c(SC)nn12. The van der Waals surface area contributed by atoms with Crippen molar-refractivity contribution < 1.29 is 14.2 Å². The van der Waals surface area contributed by atoms with Gasteiger partial charge in [-0.15, -0.1) is 11.8 Å². The minimum atomic E-state index is 0.300. The third-order valence-electron chi connectivity index (χ3n) is 6.64. The molecular weight excluding hydrogens is 434 g/mol. The molecule has 3 aromatic rings. The van der Waals surface area contributed by atoms with Gasteiger partial charge in [0.25, 0.3) is 0 Å². The lowest BCUT2D eigenvalue weighted by molar-refractivity contribution is 0.115. The minimum Gasteiger partial charge on any atom is -0.496 e. The van der Waals surface area contributed by atoms with E-state index >= 15 is 0 Å². The number of benzene rings is 1. The van der Waals surface area contributed by atoms with Crippen molar-refractivity contribution in [3.8, 4) is 22.8 Å². The number of aromatic nitrogens is 2. The standard InChI is InChI=1S/C26H33N3O3S/c1-17-13-22(30-2)24(23(14-17)31-3)20-8-5-9-21-25(26(33-4)27-29(20)21)28(15-18-10-11-18)16-19-7-6-12-32-19/h5,8-9,13-14,18-19H,6-7,10-12,15-16H2,1-4H3. The molecule has 3 heterocycles. The number of fused-ring (bicyclic) bond motifs is 1. The Morgan fingerprint density at radius 2 is 1.88 bits per heavy atom. The molecule has 6 nitrogen and oxygen atoms in total. The molecule has 0 radical (unpaired) electrons. The van der Waals surface area contributed by atoms with Crippen LogP contribution < -0.4 is 14.4 Å². The summed E-state index contributed by atoms with van der Waals surface area (Å²) in [7, 11) is 3.41. The van der Waals surface area contributed by atoms with Crippen molar-refractivity contribution in [2.45, 2.75) is 43.7 Å². The predicted molar refractivity (Wildman–Crippen MR) is 134 cm³/mol. The number of rotatable bonds is 9. The van der Waals surface area contributed by atoms with Crippen molar-refractivity contribution in [2.75, 3.05) is 45.1 Å². The summed E-state index contributed by atoms with van der Waals surface area (Å²) in [6.07, 6.45) is 7.34. The van der Waals surface area contributed by atoms with Gasteiger partial charge in [0.15, 0.2) is 0 Å². The highest BCUT2D eigenvalue weighted by Crippen LogP contribution is 2.43. The Kier molecular flexibility index (Phi) is 6.43. The number of pyridine rings is 1. The molecule has 0 N–H and O–H groups in total. The molecule has 1 saturated carbocycles. The fourth-order valence-electron chi connectivity index (χ4n) is 4.86. The summed E-state index contributed by atoms with van der Waals surface area (Å²) in [5.74, 6) is 2.35. The molecule has 1 unspecified atom stereocenters. The molecule has 1 saturated heterocycles. The summed E-state index contributed by atoms with van der Waals surface area (Å²) in [6, 6.07) is 10.5. The van der Waals surface area contributed by atoms with Gasteiger partial charge in [-0.2, -0.15) is 5.10 Å². The summed E-state index contributed by atoms with van der Waals surface area (Å²) in [5, 5.41) is 6.14. The van der Waals surface area contributed by atoms with Gasteiger partial charge >= 0.3 is 0 Å². The van der Waals surface area contributed by atoms with Crippen LogP contribution in [0.15, 0.2) is 35.4 Å². The first-order chi connectivity index (χ1) is 16.1. The average Bonchev–Trinajstić information content (AvgIpc) is 3.34. The highest BCUT2D eigenvalue weighted by molar-refractivity contribution is 7.98. The van der Waals surface area contributed by atoms with E-state index in [1.807, 2.05) is 19.1 Å². The summed E-state index contributed by atoms with van der Waals surface area (Å²) in [6.45, 7) is 4.92. The maximum absolute atomic E-state index is 6.03. The molecule has 7 heteroatoms. The van der Waals surface area contributed by atoms with Gasteiger partial charge in [-0.05, 0) is 74.6 Å². The summed E-state index contributed by atoms with van der Waals surface area (Å²) < 4.78 is 19.6. The van der Waals surface area contributed by atoms with Gasteiger partial charge in [0.2, 0.25) is 0 Å². The third kappa shape index (κ3) is 4.41. The molecule has 2 fully saturated rings. The first-order valence-corrected chi connectivity index (χ1v) is 13.0. The van der Waals surface area contributed by atoms with E-state index in [1.165, 1.54) is 18.5 Å². The molecule has 0 bridgehead atoms. The third-order valence-corrected chi connectivity index (χ3v) is 7.30. The largest absolute Gasteiger partial charge is 0.496 e. The molecule has 1 atom stereocenters. The van der Waals surface area contributed by atoms with E-state index in [0.29, 0.717) is 6.10 Å². The van der Waals surface area contributed by atoms with Gasteiger partial charge in [-0.1, -0.05) is 6.07 Å². The Bertz CT molecular complexity index is 1110. The number of hydrogen-bond acceptors (Lipinski definition) is 6. The van der Waals surface area contributed by atoms with E-state index in [9.17, 15) is 0 Å². The van der Waals surface area contributed by atoms with Crippen LogP contribution in [0, 0.1) is 12.8 Å². The second-order valence-corrected chi connectivity index (χ2v) is 9.89. The average molecular weight is 468 g/mol. The second kappa shape index (κ2) is 9.47. The number of anilines is 1. The van der Waals surface area contributed by atoms with E-state index in [-0.39, 0.29) is 0 Å². The van der Waals surface area contributed by atoms with Crippen LogP contribution in [0.3, 0.4) is 0 Å². The van der Waals surface area contributed by atoms with Crippen molar-refractivity contribution in [3.05, 3.63) is 35.9 Å². The Hall–Kier alpha value is -2.38. The lowest BCUT2D eigenvalue weighted by Crippen LogP contribution is -2.34. The molecule has 0 spiro atoms. The number of nitrogens with zero attached hydrogens (tertiary/aromatic N) is 3. The van der Waals surface area contributed by atoms with Crippen molar-refractivity contribution in [2.24, 2.45) is 5.92 Å². The van der Waals surface area contributed by atoms with Crippen LogP contribution in [0.1, 0.15) is 31.2 Å². The van der Waals surface area contributed by atoms with Crippen LogP contribution in [0.25, 0.3) is 16.8 Å². The quantitative estimate of drug-likeness (QED) is 0.390. The number of hydrogen-bond donors (Lipinski definition) is 0. The van der Waals surface area contributed by atoms with Crippen LogP contribution in [-0.2, 0) is 4.74 Å². The molecule has 1 aliphatic heterocycles. The van der Waals surface area contributed by atoms with Gasteiger partial charge in [-0.3, -0.25) is 0 Å². The number of ether oxygens (including phenoxy) is 3. The van der Waals surface area contributed by atoms with Gasteiger partial charge < -0.3 is 19.1 Å². The number of methoxy groups -OCH3 is 2. The Morgan fingerprint density at radius 1 is 1.12 bits per heavy atom. The van der Waals surface area contributed by atoms with Crippen molar-refractivity contribution >= 4 is 23.0 Å². The van der Waals surface area contributed by atoms with Gasteiger partial charge in [0.05, 0.1) is 42.8 Å². The molecular formula is C26H33N3O3S. The molecule has 176 valence electrons. The zero-order valence-corrected chi connectivity index (χ0v) is 20.8. The van der Waals surface area contributed by atoms with Crippen LogP contribution in [0.2, 0.25) is 0 Å². The zero-order chi connectivity index (χ0) is 22.9. The highest BCUT2D eigenvalue weighted by Gasteiger charge is 2.31.